The van der Waals surface area contributed by atoms with Crippen LogP contribution in [0.1, 0.15) is 49.6 Å². The second kappa shape index (κ2) is 6.71. The monoisotopic (exact) mass is 272 g/mol. The van der Waals surface area contributed by atoms with Crippen molar-refractivity contribution in [3.8, 4) is 0 Å². The summed E-state index contributed by atoms with van der Waals surface area (Å²) in [7, 11) is 0. The molecule has 0 radical (unpaired) electrons. The predicted molar refractivity (Wildman–Crippen MR) is 81.5 cm³/mol. The summed E-state index contributed by atoms with van der Waals surface area (Å²) in [5, 5.41) is 3.43. The van der Waals surface area contributed by atoms with Crippen molar-refractivity contribution in [1.82, 2.24) is 10.3 Å². The number of aromatic nitrogens is 1. The number of nitrogens with zero attached hydrogens (tertiary/aromatic N) is 1. The van der Waals surface area contributed by atoms with Gasteiger partial charge in [-0.2, -0.15) is 0 Å². The molecular weight excluding hydrogens is 248 g/mol. The topological polar surface area (TPSA) is 38.1 Å². The zero-order valence-corrected chi connectivity index (χ0v) is 12.8. The molecule has 0 aliphatic rings. The fraction of sp³-hybridized carbons (Fsp3) is 0.471. The molecule has 0 fully saturated rings. The number of hydrogen-bond acceptors (Lipinski definition) is 3. The molecule has 1 heterocycles. The molecule has 0 aliphatic carbocycles. The first kappa shape index (κ1) is 14.8. The summed E-state index contributed by atoms with van der Waals surface area (Å²) in [5.74, 6) is 2.29. The van der Waals surface area contributed by atoms with E-state index in [1.165, 1.54) is 11.1 Å². The van der Waals surface area contributed by atoms with E-state index in [0.29, 0.717) is 12.5 Å². The van der Waals surface area contributed by atoms with E-state index in [1.807, 2.05) is 6.92 Å². The molecule has 1 aromatic carbocycles. The van der Waals surface area contributed by atoms with Gasteiger partial charge in [-0.25, -0.2) is 4.98 Å². The number of hydrogen-bond donors (Lipinski definition) is 1. The first-order valence-corrected chi connectivity index (χ1v) is 7.28. The Morgan fingerprint density at radius 1 is 1.15 bits per heavy atom. The van der Waals surface area contributed by atoms with Crippen LogP contribution in [-0.4, -0.2) is 4.98 Å². The Morgan fingerprint density at radius 3 is 2.40 bits per heavy atom. The van der Waals surface area contributed by atoms with E-state index in [1.54, 1.807) is 6.20 Å². The van der Waals surface area contributed by atoms with Gasteiger partial charge in [0.1, 0.15) is 5.76 Å². The fourth-order valence-electron chi connectivity index (χ4n) is 2.26. The molecule has 1 aromatic heterocycles. The molecule has 108 valence electrons. The molecule has 20 heavy (non-hydrogen) atoms. The van der Waals surface area contributed by atoms with Crippen LogP contribution in [0.3, 0.4) is 0 Å². The highest BCUT2D eigenvalue weighted by Crippen LogP contribution is 2.16. The molecule has 0 spiro atoms. The summed E-state index contributed by atoms with van der Waals surface area (Å²) < 4.78 is 5.46. The van der Waals surface area contributed by atoms with Gasteiger partial charge in [0.05, 0.1) is 12.7 Å². The number of benzene rings is 1. The van der Waals surface area contributed by atoms with E-state index in [9.17, 15) is 0 Å². The predicted octanol–water partition coefficient (Wildman–Crippen LogP) is 4.03. The van der Waals surface area contributed by atoms with Crippen molar-refractivity contribution >= 4 is 0 Å². The zero-order valence-electron chi connectivity index (χ0n) is 12.8. The van der Waals surface area contributed by atoms with Crippen molar-refractivity contribution in [1.29, 1.82) is 0 Å². The first-order valence-electron chi connectivity index (χ1n) is 7.28. The van der Waals surface area contributed by atoms with E-state index in [-0.39, 0.29) is 6.04 Å². The maximum atomic E-state index is 5.46. The van der Waals surface area contributed by atoms with Crippen molar-refractivity contribution in [2.75, 3.05) is 0 Å². The molecule has 2 rings (SSSR count). The third-order valence-corrected chi connectivity index (χ3v) is 3.35. The lowest BCUT2D eigenvalue weighted by Gasteiger charge is -2.14. The molecule has 3 heteroatoms. The van der Waals surface area contributed by atoms with E-state index >= 15 is 0 Å². The summed E-state index contributed by atoms with van der Waals surface area (Å²) in [4.78, 5) is 4.20. The van der Waals surface area contributed by atoms with Crippen LogP contribution in [0, 0.1) is 12.8 Å². The van der Waals surface area contributed by atoms with Crippen molar-refractivity contribution in [2.24, 2.45) is 5.92 Å². The Balaban J connectivity index is 1.90. The average Bonchev–Trinajstić information content (AvgIpc) is 2.82. The molecule has 1 atom stereocenters. The smallest absolute Gasteiger partial charge is 0.208 e. The normalized spacial score (nSPS) is 12.8. The van der Waals surface area contributed by atoms with Gasteiger partial charge in [0.2, 0.25) is 5.89 Å². The van der Waals surface area contributed by atoms with Crippen molar-refractivity contribution < 1.29 is 4.42 Å². The van der Waals surface area contributed by atoms with Gasteiger partial charge in [0.25, 0.3) is 0 Å². The SMILES string of the molecule is Cc1cnc(CNC(C)c2ccc(CC(C)C)cc2)o1. The molecule has 0 amide bonds. The molecular formula is C17H24N2O. The number of rotatable bonds is 6. The van der Waals surface area contributed by atoms with Crippen molar-refractivity contribution in [3.63, 3.8) is 0 Å². The van der Waals surface area contributed by atoms with Gasteiger partial charge in [-0.3, -0.25) is 0 Å². The van der Waals surface area contributed by atoms with Crippen LogP contribution < -0.4 is 5.32 Å². The summed E-state index contributed by atoms with van der Waals surface area (Å²) in [6, 6.07) is 9.15. The van der Waals surface area contributed by atoms with Crippen LogP contribution in [-0.2, 0) is 13.0 Å². The summed E-state index contributed by atoms with van der Waals surface area (Å²) in [6.07, 6.45) is 2.89. The highest BCUT2D eigenvalue weighted by molar-refractivity contribution is 5.25. The van der Waals surface area contributed by atoms with Crippen LogP contribution in [0.15, 0.2) is 34.9 Å². The standard InChI is InChI=1S/C17H24N2O/c1-12(2)9-15-5-7-16(8-6-15)14(4)18-11-17-19-10-13(3)20-17/h5-8,10,12,14,18H,9,11H2,1-4H3. The average molecular weight is 272 g/mol. The molecule has 0 aliphatic heterocycles. The van der Waals surface area contributed by atoms with Crippen LogP contribution >= 0.6 is 0 Å². The Morgan fingerprint density at radius 2 is 1.85 bits per heavy atom. The number of oxazole rings is 1. The van der Waals surface area contributed by atoms with Gasteiger partial charge < -0.3 is 9.73 Å². The van der Waals surface area contributed by atoms with Gasteiger partial charge >= 0.3 is 0 Å². The Bertz CT molecular complexity index is 528. The highest BCUT2D eigenvalue weighted by Gasteiger charge is 2.07. The van der Waals surface area contributed by atoms with Gasteiger partial charge in [0, 0.05) is 6.04 Å². The number of aryl methyl sites for hydroxylation is 1. The minimum atomic E-state index is 0.287. The van der Waals surface area contributed by atoms with Crippen molar-refractivity contribution in [2.45, 2.75) is 46.7 Å². The van der Waals surface area contributed by atoms with Crippen LogP contribution in [0.25, 0.3) is 0 Å². The molecule has 2 aromatic rings. The lowest BCUT2D eigenvalue weighted by molar-refractivity contribution is 0.432. The molecule has 0 saturated heterocycles. The lowest BCUT2D eigenvalue weighted by atomic mass is 10.00. The second-order valence-electron chi connectivity index (χ2n) is 5.81. The van der Waals surface area contributed by atoms with E-state index in [2.05, 4.69) is 55.3 Å². The minimum Gasteiger partial charge on any atom is -0.445 e. The Labute approximate surface area is 121 Å². The number of nitrogens with one attached hydrogen (secondary N) is 1. The quantitative estimate of drug-likeness (QED) is 0.862. The summed E-state index contributed by atoms with van der Waals surface area (Å²) in [5.41, 5.74) is 2.69. The van der Waals surface area contributed by atoms with Gasteiger partial charge in [-0.15, -0.1) is 0 Å². The molecule has 3 nitrogen and oxygen atoms in total. The van der Waals surface area contributed by atoms with Gasteiger partial charge in [-0.1, -0.05) is 38.1 Å². The van der Waals surface area contributed by atoms with Crippen LogP contribution in [0.2, 0.25) is 0 Å². The maximum absolute atomic E-state index is 5.46. The molecule has 1 unspecified atom stereocenters. The van der Waals surface area contributed by atoms with E-state index in [0.717, 1.165) is 18.1 Å². The summed E-state index contributed by atoms with van der Waals surface area (Å²) >= 11 is 0. The lowest BCUT2D eigenvalue weighted by Crippen LogP contribution is -2.18. The summed E-state index contributed by atoms with van der Waals surface area (Å²) in [6.45, 7) is 9.22. The Hall–Kier alpha value is -1.61. The van der Waals surface area contributed by atoms with E-state index in [4.69, 9.17) is 4.42 Å². The molecule has 0 saturated carbocycles. The molecule has 1 N–H and O–H groups in total. The minimum absolute atomic E-state index is 0.287. The van der Waals surface area contributed by atoms with Crippen LogP contribution in [0.4, 0.5) is 0 Å². The van der Waals surface area contributed by atoms with E-state index < -0.39 is 0 Å². The fourth-order valence-corrected chi connectivity index (χ4v) is 2.26. The van der Waals surface area contributed by atoms with Gasteiger partial charge in [-0.05, 0) is 37.3 Å². The Kier molecular flexibility index (Phi) is 4.96. The molecule has 0 bridgehead atoms. The van der Waals surface area contributed by atoms with Crippen molar-refractivity contribution in [3.05, 3.63) is 53.2 Å². The zero-order chi connectivity index (χ0) is 14.5. The first-order chi connectivity index (χ1) is 9.54. The van der Waals surface area contributed by atoms with Gasteiger partial charge in [0.15, 0.2) is 0 Å². The highest BCUT2D eigenvalue weighted by atomic mass is 16.4. The third-order valence-electron chi connectivity index (χ3n) is 3.35. The third kappa shape index (κ3) is 4.20. The second-order valence-corrected chi connectivity index (χ2v) is 5.81. The maximum Gasteiger partial charge on any atom is 0.208 e. The van der Waals surface area contributed by atoms with Crippen LogP contribution in [0.5, 0.6) is 0 Å². The largest absolute Gasteiger partial charge is 0.445 e.